The van der Waals surface area contributed by atoms with Gasteiger partial charge in [0.15, 0.2) is 11.5 Å². The third kappa shape index (κ3) is 9.20. The maximum Gasteiger partial charge on any atom is 0.250 e. The lowest BCUT2D eigenvalue weighted by atomic mass is 9.91. The highest BCUT2D eigenvalue weighted by atomic mass is 28.4. The Morgan fingerprint density at radius 3 is 2.23 bits per heavy atom. The number of rotatable bonds is 13. The third-order valence-corrected chi connectivity index (χ3v) is 13.6. The molecule has 0 amide bonds. The Labute approximate surface area is 270 Å². The summed E-state index contributed by atoms with van der Waals surface area (Å²) in [5, 5.41) is -0.0569. The molecule has 2 rings (SSSR count). The van der Waals surface area contributed by atoms with Gasteiger partial charge in [0.1, 0.15) is 5.75 Å². The minimum Gasteiger partial charge on any atom is -0.541 e. The Balaban J connectivity index is 2.85. The van der Waals surface area contributed by atoms with E-state index < -0.39 is 14.6 Å². The minimum absolute atomic E-state index is 0.0339. The van der Waals surface area contributed by atoms with Crippen molar-refractivity contribution in [3.05, 3.63) is 53.8 Å². The van der Waals surface area contributed by atoms with Crippen molar-refractivity contribution >= 4 is 8.32 Å². The first-order chi connectivity index (χ1) is 20.4. The van der Waals surface area contributed by atoms with Crippen LogP contribution in [0.5, 0.6) is 17.2 Å². The van der Waals surface area contributed by atoms with Crippen LogP contribution in [0.2, 0.25) is 18.1 Å². The van der Waals surface area contributed by atoms with E-state index in [-0.39, 0.29) is 23.0 Å². The number of hydrogen-bond donors (Lipinski definition) is 0. The molecule has 246 valence electrons. The average molecular weight is 625 g/mol. The quantitative estimate of drug-likeness (QED) is 0.124. The van der Waals surface area contributed by atoms with Crippen LogP contribution in [0.15, 0.2) is 37.1 Å². The van der Waals surface area contributed by atoms with E-state index in [4.69, 9.17) is 23.4 Å². The molecule has 1 fully saturated rings. The van der Waals surface area contributed by atoms with E-state index >= 15 is 0 Å². The molecule has 6 atom stereocenters. The summed E-state index contributed by atoms with van der Waals surface area (Å²) in [7, 11) is 0.995. The summed E-state index contributed by atoms with van der Waals surface area (Å²) in [5.74, 6) is 10.7. The van der Waals surface area contributed by atoms with E-state index in [9.17, 15) is 0 Å². The molecule has 1 aliphatic heterocycles. The Morgan fingerprint density at radius 2 is 1.70 bits per heavy atom. The van der Waals surface area contributed by atoms with E-state index in [0.717, 1.165) is 31.2 Å². The van der Waals surface area contributed by atoms with Gasteiger partial charge in [-0.05, 0) is 69.5 Å². The second-order valence-electron chi connectivity index (χ2n) is 14.5. The fourth-order valence-corrected chi connectivity index (χ4v) is 6.48. The minimum atomic E-state index is -2.35. The van der Waals surface area contributed by atoms with E-state index in [0.29, 0.717) is 46.0 Å². The number of ether oxygens (including phenoxy) is 4. The van der Waals surface area contributed by atoms with Crippen molar-refractivity contribution in [1.29, 1.82) is 0 Å². The Bertz CT molecular complexity index is 1240. The first-order valence-electron chi connectivity index (χ1n) is 16.1. The summed E-state index contributed by atoms with van der Waals surface area (Å²) < 4.78 is 32.5. The highest BCUT2D eigenvalue weighted by Gasteiger charge is 2.44. The first kappa shape index (κ1) is 37.6. The van der Waals surface area contributed by atoms with Crippen molar-refractivity contribution in [3.8, 4) is 29.1 Å². The van der Waals surface area contributed by atoms with Gasteiger partial charge < -0.3 is 23.4 Å². The van der Waals surface area contributed by atoms with Gasteiger partial charge in [-0.3, -0.25) is 0 Å². The number of methoxy groups -OCH3 is 2. The van der Waals surface area contributed by atoms with E-state index in [1.54, 1.807) is 14.2 Å². The predicted octanol–water partition coefficient (Wildman–Crippen LogP) is 10.5. The smallest absolute Gasteiger partial charge is 0.250 e. The first-order valence-corrected chi connectivity index (χ1v) is 19.1. The predicted molar refractivity (Wildman–Crippen MR) is 187 cm³/mol. The standard InChI is InChI=1S/C38H60O5Si/c1-17-25(4)19-21-32-28(7)30(9)41-37(42-32)33-31(20-18-26(5)23-27(6)22-24(2)3)34(39-13)29(8)35(40-14)36(33)43-44(15,16)38(10,11)12/h17,25-28,32,37H,1-2,9,19,21-23H2,3-8,10-16H3/t25-,26-,27-,28-,32-,37+/m1/s1. The molecule has 0 spiro atoms. The van der Waals surface area contributed by atoms with Gasteiger partial charge in [-0.15, -0.1) is 13.2 Å². The van der Waals surface area contributed by atoms with E-state index in [2.05, 4.69) is 100 Å². The Morgan fingerprint density at radius 1 is 1.09 bits per heavy atom. The van der Waals surface area contributed by atoms with Crippen molar-refractivity contribution in [2.75, 3.05) is 14.2 Å². The highest BCUT2D eigenvalue weighted by molar-refractivity contribution is 6.74. The Kier molecular flexibility index (Phi) is 13.3. The second kappa shape index (κ2) is 15.6. The van der Waals surface area contributed by atoms with E-state index in [1.165, 1.54) is 5.57 Å². The molecule has 0 N–H and O–H groups in total. The summed E-state index contributed by atoms with van der Waals surface area (Å²) in [5.41, 5.74) is 3.44. The fraction of sp³-hybridized carbons (Fsp3) is 0.632. The van der Waals surface area contributed by atoms with Crippen LogP contribution in [0.1, 0.15) is 104 Å². The lowest BCUT2D eigenvalue weighted by Gasteiger charge is -2.41. The number of benzene rings is 1. The SMILES string of the molecule is C=C[C@@H](C)CC[C@H]1O[C@@H](c2c(C#C[C@@H](C)C[C@H](C)CC(=C)C)c(OC)c(C)c(OC)c2O[Si](C)(C)C(C)(C)C)OC(=C)[C@H]1C. The normalized spacial score (nSPS) is 20.8. The molecular weight excluding hydrogens is 564 g/mol. The topological polar surface area (TPSA) is 46.2 Å². The third-order valence-electron chi connectivity index (χ3n) is 9.26. The van der Waals surface area contributed by atoms with E-state index in [1.807, 2.05) is 13.0 Å². The summed E-state index contributed by atoms with van der Waals surface area (Å²) in [6.07, 6.45) is 4.88. The number of allylic oxidation sites excluding steroid dienone is 2. The summed E-state index contributed by atoms with van der Waals surface area (Å²) in [4.78, 5) is 0. The van der Waals surface area contributed by atoms with Crippen LogP contribution in [-0.2, 0) is 9.47 Å². The maximum absolute atomic E-state index is 7.10. The molecule has 6 heteroatoms. The van der Waals surface area contributed by atoms with Crippen molar-refractivity contribution in [1.82, 2.24) is 0 Å². The molecule has 1 aromatic carbocycles. The van der Waals surface area contributed by atoms with Gasteiger partial charge in [0, 0.05) is 17.4 Å². The van der Waals surface area contributed by atoms with Gasteiger partial charge in [0.25, 0.3) is 8.32 Å². The van der Waals surface area contributed by atoms with Crippen molar-refractivity contribution in [2.24, 2.45) is 23.7 Å². The average Bonchev–Trinajstić information content (AvgIpc) is 2.91. The molecule has 0 bridgehead atoms. The van der Waals surface area contributed by atoms with Crippen molar-refractivity contribution < 1.29 is 23.4 Å². The van der Waals surface area contributed by atoms with Gasteiger partial charge in [0.2, 0.25) is 6.29 Å². The molecule has 0 unspecified atom stereocenters. The molecule has 5 nitrogen and oxygen atoms in total. The molecule has 1 saturated heterocycles. The van der Waals surface area contributed by atoms with Crippen molar-refractivity contribution in [3.63, 3.8) is 0 Å². The molecule has 0 saturated carbocycles. The summed E-state index contributed by atoms with van der Waals surface area (Å²) in [6, 6.07) is 0. The van der Waals surface area contributed by atoms with Gasteiger partial charge in [0.05, 0.1) is 37.2 Å². The molecule has 0 aromatic heterocycles. The Hall–Kier alpha value is -2.62. The van der Waals surface area contributed by atoms with Gasteiger partial charge >= 0.3 is 0 Å². The van der Waals surface area contributed by atoms with Crippen LogP contribution in [0.4, 0.5) is 0 Å². The highest BCUT2D eigenvalue weighted by Crippen LogP contribution is 2.52. The lowest BCUT2D eigenvalue weighted by molar-refractivity contribution is -0.209. The van der Waals surface area contributed by atoms with Gasteiger partial charge in [-0.2, -0.15) is 0 Å². The monoisotopic (exact) mass is 624 g/mol. The summed E-state index contributed by atoms with van der Waals surface area (Å²) >= 11 is 0. The van der Waals surface area contributed by atoms with Gasteiger partial charge in [-0.25, -0.2) is 0 Å². The largest absolute Gasteiger partial charge is 0.541 e. The van der Waals surface area contributed by atoms with Crippen LogP contribution in [0.3, 0.4) is 0 Å². The molecule has 1 heterocycles. The lowest BCUT2D eigenvalue weighted by Crippen LogP contribution is -2.44. The molecular formula is C38H60O5Si. The summed E-state index contributed by atoms with van der Waals surface area (Å²) in [6.45, 7) is 36.3. The van der Waals surface area contributed by atoms with Gasteiger partial charge in [-0.1, -0.05) is 78.5 Å². The molecule has 0 aliphatic carbocycles. The maximum atomic E-state index is 7.10. The van der Waals surface area contributed by atoms with Crippen LogP contribution < -0.4 is 13.9 Å². The zero-order valence-corrected chi connectivity index (χ0v) is 31.0. The second-order valence-corrected chi connectivity index (χ2v) is 19.2. The van der Waals surface area contributed by atoms with Crippen LogP contribution in [-0.4, -0.2) is 28.6 Å². The molecule has 1 aromatic rings. The zero-order valence-electron chi connectivity index (χ0n) is 30.0. The fourth-order valence-electron chi connectivity index (χ4n) is 5.46. The van der Waals surface area contributed by atoms with Crippen LogP contribution >= 0.6 is 0 Å². The molecule has 0 radical (unpaired) electrons. The molecule has 44 heavy (non-hydrogen) atoms. The zero-order chi connectivity index (χ0) is 33.6. The van der Waals surface area contributed by atoms with Crippen molar-refractivity contribution in [2.45, 2.75) is 119 Å². The van der Waals surface area contributed by atoms with Crippen LogP contribution in [0.25, 0.3) is 0 Å². The number of hydrogen-bond acceptors (Lipinski definition) is 5. The van der Waals surface area contributed by atoms with Crippen LogP contribution in [0, 0.1) is 42.4 Å². The molecule has 1 aliphatic rings.